The van der Waals surface area contributed by atoms with Crippen LogP contribution in [-0.2, 0) is 0 Å². The van der Waals surface area contributed by atoms with Crippen LogP contribution in [0, 0.1) is 13.7 Å². The zero-order valence-corrected chi connectivity index (χ0v) is 10.4. The summed E-state index contributed by atoms with van der Waals surface area (Å²) >= 11 is 0. The highest BCUT2D eigenvalue weighted by molar-refractivity contribution is 5.74. The first-order chi connectivity index (χ1) is 14.2. The Hall–Kier alpha value is -2.41. The largest absolute Gasteiger partial charge is 0.256 e. The first kappa shape index (κ1) is 5.17. The average Bonchev–Trinajstić information content (AvgIpc) is 2.69. The van der Waals surface area contributed by atoms with E-state index in [2.05, 4.69) is 4.98 Å². The molecule has 0 saturated heterocycles. The lowest BCUT2D eigenvalue weighted by atomic mass is 9.97. The quantitative estimate of drug-likeness (QED) is 0.636. The fourth-order valence-corrected chi connectivity index (χ4v) is 1.86. The SMILES string of the molecule is [2H]c1c([2H])c([2H])c(-c2cc(-c3ccc(C([2H])([2H])[2H])cn3)ccc2C([2H])([2H])[2H])c([2H])c1[2H]. The summed E-state index contributed by atoms with van der Waals surface area (Å²) in [5.41, 5.74) is 0.370. The number of aromatic nitrogens is 1. The number of benzene rings is 2. The Morgan fingerprint density at radius 3 is 2.55 bits per heavy atom. The lowest BCUT2D eigenvalue weighted by Gasteiger charge is -2.09. The van der Waals surface area contributed by atoms with E-state index in [0.29, 0.717) is 11.3 Å². The molecule has 98 valence electrons. The highest BCUT2D eigenvalue weighted by Crippen LogP contribution is 2.28. The first-order valence-corrected chi connectivity index (χ1v) is 5.92. The van der Waals surface area contributed by atoms with Gasteiger partial charge in [0.2, 0.25) is 0 Å². The van der Waals surface area contributed by atoms with E-state index in [1.165, 1.54) is 36.5 Å². The predicted octanol–water partition coefficient (Wildman–Crippen LogP) is 5.03. The summed E-state index contributed by atoms with van der Waals surface area (Å²) in [6, 6.07) is 4.29. The van der Waals surface area contributed by atoms with Crippen LogP contribution in [0.5, 0.6) is 0 Å². The molecule has 0 spiro atoms. The molecule has 0 aliphatic carbocycles. The summed E-state index contributed by atoms with van der Waals surface area (Å²) in [5.74, 6) is 0. The number of rotatable bonds is 2. The zero-order valence-electron chi connectivity index (χ0n) is 21.4. The fourth-order valence-electron chi connectivity index (χ4n) is 1.86. The van der Waals surface area contributed by atoms with Crippen LogP contribution in [-0.4, -0.2) is 4.98 Å². The molecule has 0 aliphatic heterocycles. The van der Waals surface area contributed by atoms with Crippen LogP contribution in [0.25, 0.3) is 22.4 Å². The summed E-state index contributed by atoms with van der Waals surface area (Å²) in [4.78, 5) is 4.14. The van der Waals surface area contributed by atoms with Gasteiger partial charge in [-0.1, -0.05) is 48.4 Å². The summed E-state index contributed by atoms with van der Waals surface area (Å²) < 4.78 is 85.8. The number of hydrogen-bond acceptors (Lipinski definition) is 1. The Morgan fingerprint density at radius 1 is 0.950 bits per heavy atom. The molecule has 2 aromatic carbocycles. The number of hydrogen-bond donors (Lipinski definition) is 0. The van der Waals surface area contributed by atoms with E-state index in [4.69, 9.17) is 15.1 Å². The van der Waals surface area contributed by atoms with Crippen molar-refractivity contribution < 1.29 is 15.1 Å². The van der Waals surface area contributed by atoms with Crippen molar-refractivity contribution in [3.05, 3.63) is 77.9 Å². The second-order valence-electron chi connectivity index (χ2n) is 4.19. The maximum Gasteiger partial charge on any atom is 0.0702 e. The zero-order chi connectivity index (χ0) is 23.3. The second kappa shape index (κ2) is 5.30. The second-order valence-corrected chi connectivity index (χ2v) is 4.19. The van der Waals surface area contributed by atoms with Crippen molar-refractivity contribution in [3.8, 4) is 22.4 Å². The average molecular weight is 270 g/mol. The molecule has 0 saturated carbocycles. The summed E-state index contributed by atoms with van der Waals surface area (Å²) in [6.07, 6.45) is 1.20. The molecule has 1 aromatic heterocycles. The van der Waals surface area contributed by atoms with Crippen LogP contribution in [0.15, 0.2) is 66.7 Å². The van der Waals surface area contributed by atoms with E-state index in [9.17, 15) is 0 Å². The molecular weight excluding hydrogens is 242 g/mol. The van der Waals surface area contributed by atoms with Gasteiger partial charge in [-0.05, 0) is 48.1 Å². The molecule has 0 atom stereocenters. The van der Waals surface area contributed by atoms with Crippen LogP contribution in [0.3, 0.4) is 0 Å². The molecular formula is C19H17N. The van der Waals surface area contributed by atoms with Crippen LogP contribution in [0.4, 0.5) is 0 Å². The maximum atomic E-state index is 8.21. The van der Waals surface area contributed by atoms with E-state index in [1.54, 1.807) is 0 Å². The number of pyridine rings is 1. The van der Waals surface area contributed by atoms with E-state index >= 15 is 0 Å². The monoisotopic (exact) mass is 270 g/mol. The molecule has 1 heterocycles. The van der Waals surface area contributed by atoms with Gasteiger partial charge in [0.15, 0.2) is 0 Å². The molecule has 0 amide bonds. The number of aryl methyl sites for hydroxylation is 2. The Balaban J connectivity index is 2.28. The first-order valence-electron chi connectivity index (χ1n) is 11.4. The van der Waals surface area contributed by atoms with Crippen molar-refractivity contribution in [3.63, 3.8) is 0 Å². The third kappa shape index (κ3) is 2.48. The van der Waals surface area contributed by atoms with Gasteiger partial charge in [0, 0.05) is 20.0 Å². The van der Waals surface area contributed by atoms with Crippen molar-refractivity contribution in [1.29, 1.82) is 0 Å². The summed E-state index contributed by atoms with van der Waals surface area (Å²) in [7, 11) is 0. The van der Waals surface area contributed by atoms with Crippen molar-refractivity contribution in [2.45, 2.75) is 13.7 Å². The molecule has 3 rings (SSSR count). The fraction of sp³-hybridized carbons (Fsp3) is 0.105. The van der Waals surface area contributed by atoms with Gasteiger partial charge < -0.3 is 0 Å². The minimum atomic E-state index is -2.60. The van der Waals surface area contributed by atoms with Crippen LogP contribution in [0.2, 0.25) is 0 Å². The molecule has 0 fully saturated rings. The maximum absolute atomic E-state index is 8.21. The summed E-state index contributed by atoms with van der Waals surface area (Å²) in [6.45, 7) is -4.93. The Bertz CT molecular complexity index is 1120. The van der Waals surface area contributed by atoms with E-state index in [0.717, 1.165) is 0 Å². The molecule has 0 unspecified atom stereocenters. The third-order valence-corrected chi connectivity index (χ3v) is 2.85. The van der Waals surface area contributed by atoms with E-state index in [1.807, 2.05) is 0 Å². The molecule has 0 radical (unpaired) electrons. The van der Waals surface area contributed by atoms with Gasteiger partial charge in [-0.3, -0.25) is 4.98 Å². The van der Waals surface area contributed by atoms with Crippen molar-refractivity contribution >= 4 is 0 Å². The van der Waals surface area contributed by atoms with Gasteiger partial charge in [-0.2, -0.15) is 0 Å². The Labute approximate surface area is 135 Å². The molecule has 1 nitrogen and oxygen atoms in total. The number of nitrogens with zero attached hydrogens (tertiary/aromatic N) is 1. The molecule has 20 heavy (non-hydrogen) atoms. The lowest BCUT2D eigenvalue weighted by molar-refractivity contribution is 1.27. The van der Waals surface area contributed by atoms with Gasteiger partial charge in [0.25, 0.3) is 0 Å². The topological polar surface area (TPSA) is 12.9 Å². The minimum Gasteiger partial charge on any atom is -0.256 e. The smallest absolute Gasteiger partial charge is 0.0702 e. The normalized spacial score (nSPS) is 19.7. The van der Waals surface area contributed by atoms with Crippen LogP contribution < -0.4 is 0 Å². The highest BCUT2D eigenvalue weighted by Gasteiger charge is 2.05. The van der Waals surface area contributed by atoms with Gasteiger partial charge in [0.1, 0.15) is 0 Å². The highest BCUT2D eigenvalue weighted by atomic mass is 14.7. The predicted molar refractivity (Wildman–Crippen MR) is 84.6 cm³/mol. The molecule has 0 N–H and O–H groups in total. The summed E-state index contributed by atoms with van der Waals surface area (Å²) in [5, 5.41) is 0. The molecule has 3 aromatic rings. The van der Waals surface area contributed by atoms with Crippen LogP contribution >= 0.6 is 0 Å². The third-order valence-electron chi connectivity index (χ3n) is 2.85. The van der Waals surface area contributed by atoms with E-state index in [-0.39, 0.29) is 22.3 Å². The van der Waals surface area contributed by atoms with Gasteiger partial charge in [-0.25, -0.2) is 0 Å². The van der Waals surface area contributed by atoms with Gasteiger partial charge in [0.05, 0.1) is 12.5 Å². The Morgan fingerprint density at radius 2 is 1.85 bits per heavy atom. The van der Waals surface area contributed by atoms with Gasteiger partial charge in [-0.15, -0.1) is 0 Å². The van der Waals surface area contributed by atoms with Crippen molar-refractivity contribution in [1.82, 2.24) is 4.98 Å². The Kier molecular flexibility index (Phi) is 1.37. The molecule has 0 aliphatic rings. The van der Waals surface area contributed by atoms with E-state index < -0.39 is 43.9 Å². The minimum absolute atomic E-state index is 0.0313. The van der Waals surface area contributed by atoms with Crippen LogP contribution in [0.1, 0.15) is 26.2 Å². The van der Waals surface area contributed by atoms with Crippen molar-refractivity contribution in [2.24, 2.45) is 0 Å². The molecule has 0 bridgehead atoms. The van der Waals surface area contributed by atoms with Gasteiger partial charge >= 0.3 is 0 Å². The van der Waals surface area contributed by atoms with Crippen molar-refractivity contribution in [2.75, 3.05) is 0 Å². The standard InChI is InChI=1S/C19H17N/c1-14-8-11-19(20-13-14)17-10-9-15(2)18(12-17)16-6-4-3-5-7-16/h3-13H,1-2H3/i1D3,2D3,3D,4D,5D,6D,7D. The lowest BCUT2D eigenvalue weighted by Crippen LogP contribution is -1.88. The molecule has 1 heteroatoms.